The summed E-state index contributed by atoms with van der Waals surface area (Å²) in [6, 6.07) is 7.40. The van der Waals surface area contributed by atoms with Crippen molar-refractivity contribution in [3.63, 3.8) is 0 Å². The molecule has 2 N–H and O–H groups in total. The highest BCUT2D eigenvalue weighted by Crippen LogP contribution is 2.20. The first-order valence-corrected chi connectivity index (χ1v) is 7.23. The molecule has 112 valence electrons. The van der Waals surface area contributed by atoms with Crippen LogP contribution in [0.4, 0.5) is 0 Å². The van der Waals surface area contributed by atoms with E-state index in [-0.39, 0.29) is 5.78 Å². The Balaban J connectivity index is 2.45. The van der Waals surface area contributed by atoms with Gasteiger partial charge >= 0.3 is 0 Å². The van der Waals surface area contributed by atoms with E-state index < -0.39 is 0 Å². The SMILES string of the molecule is COCCOc1ccccc1C(=O)CCCCCCN. The quantitative estimate of drug-likeness (QED) is 0.500. The van der Waals surface area contributed by atoms with Crippen molar-refractivity contribution >= 4 is 5.78 Å². The van der Waals surface area contributed by atoms with Gasteiger partial charge in [0.15, 0.2) is 5.78 Å². The zero-order chi connectivity index (χ0) is 14.6. The largest absolute Gasteiger partial charge is 0.490 e. The number of hydrogen-bond donors (Lipinski definition) is 1. The molecule has 0 bridgehead atoms. The molecule has 0 saturated heterocycles. The second-order valence-electron chi connectivity index (χ2n) is 4.71. The Hall–Kier alpha value is -1.39. The lowest BCUT2D eigenvalue weighted by molar-refractivity contribution is 0.0971. The zero-order valence-electron chi connectivity index (χ0n) is 12.3. The summed E-state index contributed by atoms with van der Waals surface area (Å²) >= 11 is 0. The summed E-state index contributed by atoms with van der Waals surface area (Å²) in [4.78, 5) is 12.2. The highest BCUT2D eigenvalue weighted by molar-refractivity contribution is 5.98. The molecule has 1 aromatic carbocycles. The van der Waals surface area contributed by atoms with E-state index in [0.717, 1.165) is 32.2 Å². The number of para-hydroxylation sites is 1. The Bertz CT molecular complexity index is 393. The molecule has 1 aromatic rings. The van der Waals surface area contributed by atoms with E-state index in [2.05, 4.69) is 0 Å². The van der Waals surface area contributed by atoms with Crippen LogP contribution in [0.25, 0.3) is 0 Å². The van der Waals surface area contributed by atoms with Crippen LogP contribution in [-0.4, -0.2) is 32.7 Å². The lowest BCUT2D eigenvalue weighted by atomic mass is 10.0. The molecule has 0 unspecified atom stereocenters. The number of Topliss-reactive ketones (excluding diaryl/α,β-unsaturated/α-hetero) is 1. The van der Waals surface area contributed by atoms with E-state index in [4.69, 9.17) is 15.2 Å². The van der Waals surface area contributed by atoms with Crippen LogP contribution in [0.5, 0.6) is 5.75 Å². The van der Waals surface area contributed by atoms with Gasteiger partial charge in [-0.25, -0.2) is 0 Å². The van der Waals surface area contributed by atoms with Crippen molar-refractivity contribution in [3.8, 4) is 5.75 Å². The zero-order valence-corrected chi connectivity index (χ0v) is 12.3. The van der Waals surface area contributed by atoms with Gasteiger partial charge in [0.1, 0.15) is 12.4 Å². The van der Waals surface area contributed by atoms with E-state index in [1.807, 2.05) is 24.3 Å². The highest BCUT2D eigenvalue weighted by Gasteiger charge is 2.11. The van der Waals surface area contributed by atoms with Crippen LogP contribution in [-0.2, 0) is 4.74 Å². The van der Waals surface area contributed by atoms with E-state index in [9.17, 15) is 4.79 Å². The second kappa shape index (κ2) is 10.4. The van der Waals surface area contributed by atoms with Crippen molar-refractivity contribution in [2.75, 3.05) is 26.9 Å². The number of ketones is 1. The molecule has 0 aliphatic carbocycles. The Morgan fingerprint density at radius 1 is 1.10 bits per heavy atom. The lowest BCUT2D eigenvalue weighted by Crippen LogP contribution is -2.08. The van der Waals surface area contributed by atoms with E-state index >= 15 is 0 Å². The molecule has 0 saturated carbocycles. The van der Waals surface area contributed by atoms with E-state index in [0.29, 0.717) is 30.9 Å². The van der Waals surface area contributed by atoms with Gasteiger partial charge in [-0.3, -0.25) is 4.79 Å². The van der Waals surface area contributed by atoms with Crippen molar-refractivity contribution in [1.82, 2.24) is 0 Å². The molecule has 0 heterocycles. The van der Waals surface area contributed by atoms with Crippen molar-refractivity contribution in [1.29, 1.82) is 0 Å². The number of carbonyl (C=O) groups is 1. The Morgan fingerprint density at radius 2 is 1.85 bits per heavy atom. The maximum Gasteiger partial charge on any atom is 0.166 e. The summed E-state index contributed by atoms with van der Waals surface area (Å²) in [5.74, 6) is 0.794. The van der Waals surface area contributed by atoms with E-state index in [1.54, 1.807) is 7.11 Å². The smallest absolute Gasteiger partial charge is 0.166 e. The van der Waals surface area contributed by atoms with Crippen LogP contribution in [0.2, 0.25) is 0 Å². The van der Waals surface area contributed by atoms with Crippen molar-refractivity contribution in [2.45, 2.75) is 32.1 Å². The molecular formula is C16H25NO3. The first kappa shape index (κ1) is 16.7. The fourth-order valence-electron chi connectivity index (χ4n) is 1.98. The van der Waals surface area contributed by atoms with Gasteiger partial charge in [0.2, 0.25) is 0 Å². The third kappa shape index (κ3) is 6.17. The van der Waals surface area contributed by atoms with Gasteiger partial charge in [-0.2, -0.15) is 0 Å². The van der Waals surface area contributed by atoms with Crippen LogP contribution in [0.3, 0.4) is 0 Å². The summed E-state index contributed by atoms with van der Waals surface area (Å²) in [7, 11) is 1.63. The summed E-state index contributed by atoms with van der Waals surface area (Å²) in [6.45, 7) is 1.70. The average Bonchev–Trinajstić information content (AvgIpc) is 2.47. The fraction of sp³-hybridized carbons (Fsp3) is 0.562. The first-order chi connectivity index (χ1) is 9.79. The minimum atomic E-state index is 0.144. The third-order valence-corrected chi connectivity index (χ3v) is 3.09. The Kier molecular flexibility index (Phi) is 8.67. The Labute approximate surface area is 121 Å². The number of benzene rings is 1. The molecule has 0 aliphatic heterocycles. The van der Waals surface area contributed by atoms with Crippen LogP contribution in [0.1, 0.15) is 42.5 Å². The highest BCUT2D eigenvalue weighted by atomic mass is 16.5. The molecule has 0 atom stereocenters. The van der Waals surface area contributed by atoms with Crippen LogP contribution in [0, 0.1) is 0 Å². The lowest BCUT2D eigenvalue weighted by Gasteiger charge is -2.10. The predicted molar refractivity (Wildman–Crippen MR) is 80.3 cm³/mol. The van der Waals surface area contributed by atoms with Gasteiger partial charge < -0.3 is 15.2 Å². The summed E-state index contributed by atoms with van der Waals surface area (Å²) in [5, 5.41) is 0. The number of hydrogen-bond acceptors (Lipinski definition) is 4. The second-order valence-corrected chi connectivity index (χ2v) is 4.71. The molecule has 0 amide bonds. The minimum Gasteiger partial charge on any atom is -0.490 e. The van der Waals surface area contributed by atoms with Crippen LogP contribution in [0.15, 0.2) is 24.3 Å². The van der Waals surface area contributed by atoms with Crippen molar-refractivity contribution < 1.29 is 14.3 Å². The molecule has 4 heteroatoms. The van der Waals surface area contributed by atoms with Crippen molar-refractivity contribution in [2.24, 2.45) is 5.73 Å². The summed E-state index contributed by atoms with van der Waals surface area (Å²) in [5.41, 5.74) is 6.11. The number of carbonyl (C=O) groups excluding carboxylic acids is 1. The topological polar surface area (TPSA) is 61.5 Å². The maximum absolute atomic E-state index is 12.2. The molecule has 4 nitrogen and oxygen atoms in total. The maximum atomic E-state index is 12.2. The van der Waals surface area contributed by atoms with Gasteiger partial charge in [-0.15, -0.1) is 0 Å². The molecule has 20 heavy (non-hydrogen) atoms. The molecule has 0 radical (unpaired) electrons. The van der Waals surface area contributed by atoms with Gasteiger partial charge in [0.25, 0.3) is 0 Å². The first-order valence-electron chi connectivity index (χ1n) is 7.23. The van der Waals surface area contributed by atoms with Crippen molar-refractivity contribution in [3.05, 3.63) is 29.8 Å². The molecule has 0 fully saturated rings. The number of unbranched alkanes of at least 4 members (excludes halogenated alkanes) is 3. The molecule has 0 aliphatic rings. The van der Waals surface area contributed by atoms with Gasteiger partial charge in [-0.1, -0.05) is 25.0 Å². The standard InChI is InChI=1S/C16H25NO3/c1-19-12-13-20-16-10-6-5-8-14(16)15(18)9-4-2-3-7-11-17/h5-6,8,10H,2-4,7,9,11-13,17H2,1H3. The fourth-order valence-corrected chi connectivity index (χ4v) is 1.98. The normalized spacial score (nSPS) is 10.5. The minimum absolute atomic E-state index is 0.144. The van der Waals surface area contributed by atoms with Crippen LogP contribution >= 0.6 is 0 Å². The predicted octanol–water partition coefficient (Wildman–Crippen LogP) is 2.80. The van der Waals surface area contributed by atoms with Crippen LogP contribution < -0.4 is 10.5 Å². The molecule has 0 spiro atoms. The molecule has 0 aromatic heterocycles. The Morgan fingerprint density at radius 3 is 2.60 bits per heavy atom. The van der Waals surface area contributed by atoms with Gasteiger partial charge in [0.05, 0.1) is 12.2 Å². The van der Waals surface area contributed by atoms with Gasteiger partial charge in [-0.05, 0) is 31.5 Å². The summed E-state index contributed by atoms with van der Waals surface area (Å²) in [6.07, 6.45) is 4.65. The van der Waals surface area contributed by atoms with Gasteiger partial charge in [0, 0.05) is 13.5 Å². The average molecular weight is 279 g/mol. The number of rotatable bonds is 11. The molecular weight excluding hydrogens is 254 g/mol. The molecule has 1 rings (SSSR count). The third-order valence-electron chi connectivity index (χ3n) is 3.09. The summed E-state index contributed by atoms with van der Waals surface area (Å²) < 4.78 is 10.5. The van der Waals surface area contributed by atoms with E-state index in [1.165, 1.54) is 0 Å². The number of ether oxygens (including phenoxy) is 2. The number of nitrogens with two attached hydrogens (primary N) is 1. The monoisotopic (exact) mass is 279 g/mol. The number of methoxy groups -OCH3 is 1.